The molecule has 0 unspecified atom stereocenters. The molecule has 0 heterocycles. The number of carbonyl (C=O) groups excluding carboxylic acids is 1. The van der Waals surface area contributed by atoms with Gasteiger partial charge in [-0.2, -0.15) is 0 Å². The van der Waals surface area contributed by atoms with Crippen molar-refractivity contribution in [2.24, 2.45) is 0 Å². The number of amides is 1. The fraction of sp³-hybridized carbons (Fsp3) is 0.500. The number of hydrogen-bond donors (Lipinski definition) is 2. The standard InChI is InChI=1S/C18H23NO2/c1-3-18(10-6-11-18)19-17(21)16-9-8-14(2)15(13-16)7-4-5-12-20/h8-9,13,20H,3,5-6,10-12H2,1-2H3,(H,19,21). The van der Waals surface area contributed by atoms with E-state index in [1.807, 2.05) is 25.1 Å². The Morgan fingerprint density at radius 2 is 2.19 bits per heavy atom. The average molecular weight is 285 g/mol. The number of rotatable bonds is 4. The predicted octanol–water partition coefficient (Wildman–Crippen LogP) is 2.79. The molecule has 3 nitrogen and oxygen atoms in total. The molecule has 0 spiro atoms. The minimum atomic E-state index is -0.0123. The Balaban J connectivity index is 2.15. The van der Waals surface area contributed by atoms with Gasteiger partial charge in [-0.15, -0.1) is 0 Å². The summed E-state index contributed by atoms with van der Waals surface area (Å²) in [7, 11) is 0. The first-order valence-corrected chi connectivity index (χ1v) is 7.63. The van der Waals surface area contributed by atoms with Gasteiger partial charge in [-0.25, -0.2) is 0 Å². The van der Waals surface area contributed by atoms with Crippen molar-refractivity contribution in [1.82, 2.24) is 5.32 Å². The summed E-state index contributed by atoms with van der Waals surface area (Å²) in [5.74, 6) is 5.92. The molecule has 0 aromatic heterocycles. The van der Waals surface area contributed by atoms with Crippen LogP contribution in [0.4, 0.5) is 0 Å². The lowest BCUT2D eigenvalue weighted by atomic mass is 9.74. The van der Waals surface area contributed by atoms with E-state index in [0.717, 1.165) is 30.4 Å². The van der Waals surface area contributed by atoms with Gasteiger partial charge < -0.3 is 10.4 Å². The molecule has 0 radical (unpaired) electrons. The molecule has 0 saturated heterocycles. The van der Waals surface area contributed by atoms with Gasteiger partial charge in [0, 0.05) is 23.1 Å². The molecule has 1 aromatic carbocycles. The van der Waals surface area contributed by atoms with Crippen LogP contribution in [0.2, 0.25) is 0 Å². The van der Waals surface area contributed by atoms with Crippen LogP contribution in [-0.2, 0) is 0 Å². The lowest BCUT2D eigenvalue weighted by Gasteiger charge is -2.42. The van der Waals surface area contributed by atoms with Crippen LogP contribution in [-0.4, -0.2) is 23.2 Å². The van der Waals surface area contributed by atoms with E-state index in [4.69, 9.17) is 5.11 Å². The number of hydrogen-bond acceptors (Lipinski definition) is 2. The Hall–Kier alpha value is -1.79. The molecule has 3 heteroatoms. The van der Waals surface area contributed by atoms with E-state index in [1.165, 1.54) is 6.42 Å². The van der Waals surface area contributed by atoms with Gasteiger partial charge in [0.25, 0.3) is 5.91 Å². The van der Waals surface area contributed by atoms with Gasteiger partial charge in [-0.05, 0) is 50.3 Å². The lowest BCUT2D eigenvalue weighted by Crippen LogP contribution is -2.52. The van der Waals surface area contributed by atoms with Crippen LogP contribution in [0, 0.1) is 18.8 Å². The van der Waals surface area contributed by atoms with Crippen molar-refractivity contribution >= 4 is 5.91 Å². The van der Waals surface area contributed by atoms with Gasteiger partial charge in [0.2, 0.25) is 0 Å². The van der Waals surface area contributed by atoms with Crippen LogP contribution in [0.5, 0.6) is 0 Å². The van der Waals surface area contributed by atoms with E-state index in [2.05, 4.69) is 24.1 Å². The van der Waals surface area contributed by atoms with E-state index in [1.54, 1.807) is 0 Å². The number of nitrogens with one attached hydrogen (secondary N) is 1. The van der Waals surface area contributed by atoms with Crippen molar-refractivity contribution in [3.8, 4) is 11.8 Å². The molecular weight excluding hydrogens is 262 g/mol. The van der Waals surface area contributed by atoms with Crippen molar-refractivity contribution in [2.75, 3.05) is 6.61 Å². The van der Waals surface area contributed by atoms with Crippen LogP contribution in [0.25, 0.3) is 0 Å². The third-order valence-electron chi connectivity index (χ3n) is 4.33. The molecule has 1 aliphatic carbocycles. The van der Waals surface area contributed by atoms with Crippen LogP contribution in [0.15, 0.2) is 18.2 Å². The Morgan fingerprint density at radius 1 is 1.43 bits per heavy atom. The predicted molar refractivity (Wildman–Crippen MR) is 84.1 cm³/mol. The summed E-state index contributed by atoms with van der Waals surface area (Å²) < 4.78 is 0. The number of aryl methyl sites for hydroxylation is 1. The first kappa shape index (κ1) is 15.6. The van der Waals surface area contributed by atoms with E-state index in [9.17, 15) is 4.79 Å². The first-order chi connectivity index (χ1) is 10.1. The largest absolute Gasteiger partial charge is 0.395 e. The highest BCUT2D eigenvalue weighted by Gasteiger charge is 2.36. The van der Waals surface area contributed by atoms with Crippen LogP contribution in [0.1, 0.15) is 60.5 Å². The molecule has 1 amide bonds. The summed E-state index contributed by atoms with van der Waals surface area (Å²) in [6, 6.07) is 5.62. The number of benzene rings is 1. The second-order valence-electron chi connectivity index (χ2n) is 5.75. The molecule has 21 heavy (non-hydrogen) atoms. The van der Waals surface area contributed by atoms with E-state index in [-0.39, 0.29) is 18.1 Å². The number of aliphatic hydroxyl groups is 1. The van der Waals surface area contributed by atoms with Gasteiger partial charge in [0.1, 0.15) is 0 Å². The molecule has 2 N–H and O–H groups in total. The van der Waals surface area contributed by atoms with Crippen LogP contribution in [0.3, 0.4) is 0 Å². The normalized spacial score (nSPS) is 15.6. The summed E-state index contributed by atoms with van der Waals surface area (Å²) in [5.41, 5.74) is 2.57. The Labute approximate surface area is 126 Å². The first-order valence-electron chi connectivity index (χ1n) is 7.63. The Morgan fingerprint density at radius 3 is 2.76 bits per heavy atom. The van der Waals surface area contributed by atoms with Crippen LogP contribution < -0.4 is 5.32 Å². The summed E-state index contributed by atoms with van der Waals surface area (Å²) in [4.78, 5) is 12.4. The van der Waals surface area contributed by atoms with Gasteiger partial charge in [0.15, 0.2) is 0 Å². The summed E-state index contributed by atoms with van der Waals surface area (Å²) >= 11 is 0. The third-order valence-corrected chi connectivity index (χ3v) is 4.33. The monoisotopic (exact) mass is 285 g/mol. The van der Waals surface area contributed by atoms with Gasteiger partial charge >= 0.3 is 0 Å². The van der Waals surface area contributed by atoms with Crippen molar-refractivity contribution in [1.29, 1.82) is 0 Å². The molecule has 1 saturated carbocycles. The zero-order valence-corrected chi connectivity index (χ0v) is 12.8. The maximum atomic E-state index is 12.4. The second kappa shape index (κ2) is 6.78. The summed E-state index contributed by atoms with van der Waals surface area (Å²) in [6.07, 6.45) is 4.77. The Kier molecular flexibility index (Phi) is 5.03. The maximum absolute atomic E-state index is 12.4. The zero-order valence-electron chi connectivity index (χ0n) is 12.8. The molecule has 1 aromatic rings. The van der Waals surface area contributed by atoms with Gasteiger partial charge in [-0.1, -0.05) is 24.8 Å². The summed E-state index contributed by atoms with van der Waals surface area (Å²) in [6.45, 7) is 4.16. The fourth-order valence-corrected chi connectivity index (χ4v) is 2.60. The fourth-order valence-electron chi connectivity index (χ4n) is 2.60. The third kappa shape index (κ3) is 3.65. The van der Waals surface area contributed by atoms with Crippen LogP contribution >= 0.6 is 0 Å². The molecule has 2 rings (SSSR count). The molecule has 112 valence electrons. The van der Waals surface area contributed by atoms with Gasteiger partial charge in [0.05, 0.1) is 6.61 Å². The van der Waals surface area contributed by atoms with E-state index in [0.29, 0.717) is 12.0 Å². The minimum Gasteiger partial charge on any atom is -0.395 e. The highest BCUT2D eigenvalue weighted by Crippen LogP contribution is 2.34. The zero-order chi connectivity index (χ0) is 15.3. The maximum Gasteiger partial charge on any atom is 0.251 e. The van der Waals surface area contributed by atoms with Crippen molar-refractivity contribution in [3.05, 3.63) is 34.9 Å². The van der Waals surface area contributed by atoms with Gasteiger partial charge in [-0.3, -0.25) is 4.79 Å². The highest BCUT2D eigenvalue weighted by molar-refractivity contribution is 5.95. The average Bonchev–Trinajstić information content (AvgIpc) is 2.45. The Bertz CT molecular complexity index is 571. The summed E-state index contributed by atoms with van der Waals surface area (Å²) in [5, 5.41) is 12.0. The number of carbonyl (C=O) groups is 1. The van der Waals surface area contributed by atoms with Crippen molar-refractivity contribution < 1.29 is 9.90 Å². The smallest absolute Gasteiger partial charge is 0.251 e. The molecule has 1 fully saturated rings. The van der Waals surface area contributed by atoms with Crippen molar-refractivity contribution in [2.45, 2.75) is 51.5 Å². The number of aliphatic hydroxyl groups excluding tert-OH is 1. The SMILES string of the molecule is CCC1(NC(=O)c2ccc(C)c(C#CCCO)c2)CCC1. The molecule has 1 aliphatic rings. The lowest BCUT2D eigenvalue weighted by molar-refractivity contribution is 0.0820. The molecule has 0 aliphatic heterocycles. The topological polar surface area (TPSA) is 49.3 Å². The van der Waals surface area contributed by atoms with Crippen molar-refractivity contribution in [3.63, 3.8) is 0 Å². The second-order valence-corrected chi connectivity index (χ2v) is 5.75. The molecule has 0 bridgehead atoms. The minimum absolute atomic E-state index is 0.00466. The molecular formula is C18H23NO2. The van der Waals surface area contributed by atoms with E-state index >= 15 is 0 Å². The highest BCUT2D eigenvalue weighted by atomic mass is 16.2. The van der Waals surface area contributed by atoms with E-state index < -0.39 is 0 Å². The molecule has 0 atom stereocenters. The quantitative estimate of drug-likeness (QED) is 0.836.